The summed E-state index contributed by atoms with van der Waals surface area (Å²) in [4.78, 5) is 0. The Morgan fingerprint density at radius 1 is 1.29 bits per heavy atom. The lowest BCUT2D eigenvalue weighted by atomic mass is 10.1. The molecule has 0 amide bonds. The second-order valence-electron chi connectivity index (χ2n) is 4.78. The lowest BCUT2D eigenvalue weighted by Crippen LogP contribution is -2.37. The van der Waals surface area contributed by atoms with Crippen molar-refractivity contribution in [2.24, 2.45) is 0 Å². The van der Waals surface area contributed by atoms with Crippen LogP contribution in [0.3, 0.4) is 0 Å². The quantitative estimate of drug-likeness (QED) is 0.572. The molecule has 0 aromatic heterocycles. The number of ether oxygens (including phenoxy) is 1. The first-order valence-corrected chi connectivity index (χ1v) is 6.63. The maximum absolute atomic E-state index is 13.5. The van der Waals surface area contributed by atoms with E-state index in [1.165, 1.54) is 0 Å². The van der Waals surface area contributed by atoms with E-state index in [1.807, 2.05) is 6.92 Å². The molecule has 0 aliphatic rings. The summed E-state index contributed by atoms with van der Waals surface area (Å²) in [6, 6.07) is 2.43. The Kier molecular flexibility index (Phi) is 7.07. The summed E-state index contributed by atoms with van der Waals surface area (Å²) in [5, 5.41) is 6.10. The number of halogens is 4. The van der Waals surface area contributed by atoms with Gasteiger partial charge < -0.3 is 15.4 Å². The van der Waals surface area contributed by atoms with Crippen LogP contribution in [0.4, 0.5) is 17.6 Å². The van der Waals surface area contributed by atoms with Gasteiger partial charge in [-0.15, -0.1) is 0 Å². The van der Waals surface area contributed by atoms with Crippen molar-refractivity contribution in [3.05, 3.63) is 35.1 Å². The molecule has 7 heteroatoms. The highest BCUT2D eigenvalue weighted by atomic mass is 19.4. The molecule has 0 aliphatic carbocycles. The van der Waals surface area contributed by atoms with E-state index >= 15 is 0 Å². The molecule has 1 atom stereocenters. The SMILES string of the molecule is COCCNCC(C)NCc1cc(C(F)(F)F)ccc1F. The van der Waals surface area contributed by atoms with Crippen LogP contribution in [0.15, 0.2) is 18.2 Å². The Hall–Kier alpha value is -1.18. The van der Waals surface area contributed by atoms with Crippen LogP contribution in [0.25, 0.3) is 0 Å². The van der Waals surface area contributed by atoms with Gasteiger partial charge in [0.2, 0.25) is 0 Å². The molecule has 1 unspecified atom stereocenters. The Morgan fingerprint density at radius 3 is 2.62 bits per heavy atom. The average Bonchev–Trinajstić information content (AvgIpc) is 2.41. The average molecular weight is 308 g/mol. The number of nitrogens with one attached hydrogen (secondary N) is 2. The lowest BCUT2D eigenvalue weighted by molar-refractivity contribution is -0.137. The number of hydrogen-bond donors (Lipinski definition) is 2. The molecule has 0 aliphatic heterocycles. The minimum atomic E-state index is -4.46. The van der Waals surface area contributed by atoms with Gasteiger partial charge in [-0.1, -0.05) is 0 Å². The minimum Gasteiger partial charge on any atom is -0.383 e. The molecule has 0 fully saturated rings. The highest BCUT2D eigenvalue weighted by Gasteiger charge is 2.31. The Labute approximate surface area is 121 Å². The van der Waals surface area contributed by atoms with Crippen LogP contribution in [0, 0.1) is 5.82 Å². The molecular weight excluding hydrogens is 288 g/mol. The highest BCUT2D eigenvalue weighted by Crippen LogP contribution is 2.30. The first-order valence-electron chi connectivity index (χ1n) is 6.63. The zero-order chi connectivity index (χ0) is 15.9. The standard InChI is InChI=1S/C14H20F4N2O/c1-10(8-19-5-6-21-2)20-9-11-7-12(14(16,17)18)3-4-13(11)15/h3-4,7,10,19-20H,5-6,8-9H2,1-2H3. The predicted molar refractivity (Wildman–Crippen MR) is 72.4 cm³/mol. The van der Waals surface area contributed by atoms with Gasteiger partial charge in [0.25, 0.3) is 0 Å². The van der Waals surface area contributed by atoms with Gasteiger partial charge in [0.1, 0.15) is 5.82 Å². The van der Waals surface area contributed by atoms with E-state index < -0.39 is 17.6 Å². The van der Waals surface area contributed by atoms with Gasteiger partial charge in [0, 0.05) is 38.3 Å². The molecule has 1 aromatic rings. The van der Waals surface area contributed by atoms with Gasteiger partial charge in [-0.3, -0.25) is 0 Å². The predicted octanol–water partition coefficient (Wildman–Crippen LogP) is 2.56. The zero-order valence-electron chi connectivity index (χ0n) is 12.1. The first kappa shape index (κ1) is 17.9. The minimum absolute atomic E-state index is 0.00389. The van der Waals surface area contributed by atoms with Crippen LogP contribution in [0.2, 0.25) is 0 Å². The summed E-state index contributed by atoms with van der Waals surface area (Å²) >= 11 is 0. The van der Waals surface area contributed by atoms with Crippen LogP contribution >= 0.6 is 0 Å². The Morgan fingerprint density at radius 2 is 2.00 bits per heavy atom. The fraction of sp³-hybridized carbons (Fsp3) is 0.571. The van der Waals surface area contributed by atoms with E-state index in [0.717, 1.165) is 18.2 Å². The summed E-state index contributed by atoms with van der Waals surface area (Å²) in [6.07, 6.45) is -4.46. The molecule has 0 saturated carbocycles. The summed E-state index contributed by atoms with van der Waals surface area (Å²) in [5.74, 6) is -0.643. The fourth-order valence-electron chi connectivity index (χ4n) is 1.74. The van der Waals surface area contributed by atoms with Crippen molar-refractivity contribution < 1.29 is 22.3 Å². The van der Waals surface area contributed by atoms with Gasteiger partial charge in [-0.25, -0.2) is 4.39 Å². The number of rotatable bonds is 8. The molecule has 0 radical (unpaired) electrons. The molecule has 1 aromatic carbocycles. The third-order valence-electron chi connectivity index (χ3n) is 2.95. The van der Waals surface area contributed by atoms with Crippen molar-refractivity contribution in [3.63, 3.8) is 0 Å². The second-order valence-corrected chi connectivity index (χ2v) is 4.78. The van der Waals surface area contributed by atoms with Gasteiger partial charge in [0.15, 0.2) is 0 Å². The second kappa shape index (κ2) is 8.31. The van der Waals surface area contributed by atoms with E-state index in [-0.39, 0.29) is 18.2 Å². The van der Waals surface area contributed by atoms with Crippen molar-refractivity contribution in [1.29, 1.82) is 0 Å². The Balaban J connectivity index is 2.51. The molecule has 1 rings (SSSR count). The summed E-state index contributed by atoms with van der Waals surface area (Å²) < 4.78 is 56.1. The maximum atomic E-state index is 13.5. The molecule has 0 spiro atoms. The molecule has 2 N–H and O–H groups in total. The van der Waals surface area contributed by atoms with Crippen LogP contribution < -0.4 is 10.6 Å². The highest BCUT2D eigenvalue weighted by molar-refractivity contribution is 5.27. The third kappa shape index (κ3) is 6.41. The molecule has 0 heterocycles. The molecule has 0 bridgehead atoms. The van der Waals surface area contributed by atoms with Crippen molar-refractivity contribution in [3.8, 4) is 0 Å². The molecule has 3 nitrogen and oxygen atoms in total. The van der Waals surface area contributed by atoms with Crippen LogP contribution in [-0.2, 0) is 17.5 Å². The molecular formula is C14H20F4N2O. The monoisotopic (exact) mass is 308 g/mol. The van der Waals surface area contributed by atoms with E-state index in [4.69, 9.17) is 4.74 Å². The number of hydrogen-bond acceptors (Lipinski definition) is 3. The van der Waals surface area contributed by atoms with Gasteiger partial charge >= 0.3 is 6.18 Å². The third-order valence-corrected chi connectivity index (χ3v) is 2.95. The van der Waals surface area contributed by atoms with Crippen molar-refractivity contribution >= 4 is 0 Å². The van der Waals surface area contributed by atoms with E-state index in [0.29, 0.717) is 19.7 Å². The fourth-order valence-corrected chi connectivity index (χ4v) is 1.74. The molecule has 120 valence electrons. The maximum Gasteiger partial charge on any atom is 0.416 e. The number of methoxy groups -OCH3 is 1. The zero-order valence-corrected chi connectivity index (χ0v) is 12.1. The van der Waals surface area contributed by atoms with Crippen LogP contribution in [0.1, 0.15) is 18.1 Å². The van der Waals surface area contributed by atoms with Gasteiger partial charge in [0.05, 0.1) is 12.2 Å². The number of benzene rings is 1. The molecule has 0 saturated heterocycles. The first-order chi connectivity index (χ1) is 9.84. The van der Waals surface area contributed by atoms with Crippen LogP contribution in [-0.4, -0.2) is 32.8 Å². The van der Waals surface area contributed by atoms with Crippen molar-refractivity contribution in [2.75, 3.05) is 26.8 Å². The van der Waals surface area contributed by atoms with Crippen molar-refractivity contribution in [1.82, 2.24) is 10.6 Å². The Bertz CT molecular complexity index is 437. The summed E-state index contributed by atoms with van der Waals surface area (Å²) in [6.45, 7) is 3.79. The van der Waals surface area contributed by atoms with E-state index in [2.05, 4.69) is 10.6 Å². The molecule has 21 heavy (non-hydrogen) atoms. The topological polar surface area (TPSA) is 33.3 Å². The van der Waals surface area contributed by atoms with Crippen molar-refractivity contribution in [2.45, 2.75) is 25.7 Å². The van der Waals surface area contributed by atoms with Gasteiger partial charge in [-0.05, 0) is 25.1 Å². The lowest BCUT2D eigenvalue weighted by Gasteiger charge is -2.16. The summed E-state index contributed by atoms with van der Waals surface area (Å²) in [5.41, 5.74) is -0.833. The van der Waals surface area contributed by atoms with Crippen LogP contribution in [0.5, 0.6) is 0 Å². The van der Waals surface area contributed by atoms with E-state index in [9.17, 15) is 17.6 Å². The number of alkyl halides is 3. The smallest absolute Gasteiger partial charge is 0.383 e. The normalized spacial score (nSPS) is 13.4. The largest absolute Gasteiger partial charge is 0.416 e. The van der Waals surface area contributed by atoms with Gasteiger partial charge in [-0.2, -0.15) is 13.2 Å². The van der Waals surface area contributed by atoms with E-state index in [1.54, 1.807) is 7.11 Å². The summed E-state index contributed by atoms with van der Waals surface area (Å²) in [7, 11) is 1.60.